The molecule has 3 aromatic rings. The van der Waals surface area contributed by atoms with Crippen molar-refractivity contribution in [3.63, 3.8) is 0 Å². The van der Waals surface area contributed by atoms with E-state index in [2.05, 4.69) is 5.16 Å². The third-order valence-corrected chi connectivity index (χ3v) is 3.72. The summed E-state index contributed by atoms with van der Waals surface area (Å²) in [6, 6.07) is 17.4. The van der Waals surface area contributed by atoms with Gasteiger partial charge in [0.1, 0.15) is 4.88 Å². The van der Waals surface area contributed by atoms with Crippen LogP contribution in [0.3, 0.4) is 0 Å². The second kappa shape index (κ2) is 5.67. The van der Waals surface area contributed by atoms with Gasteiger partial charge in [-0.05, 0) is 22.2 Å². The Balaban J connectivity index is 1.79. The standard InChI is InChI=1S/C16H11NO2S/c18-16(15-9-4-10-20-15)19-17-11-13-7-3-6-12-5-1-2-8-14(12)13/h1-11H/b17-11+. The van der Waals surface area contributed by atoms with E-state index in [1.54, 1.807) is 18.3 Å². The summed E-state index contributed by atoms with van der Waals surface area (Å²) >= 11 is 1.33. The van der Waals surface area contributed by atoms with Crippen molar-refractivity contribution in [2.75, 3.05) is 0 Å². The van der Waals surface area contributed by atoms with E-state index in [1.807, 2.05) is 47.8 Å². The van der Waals surface area contributed by atoms with Crippen LogP contribution in [-0.4, -0.2) is 12.2 Å². The minimum atomic E-state index is -0.434. The molecule has 0 saturated heterocycles. The Labute approximate surface area is 120 Å². The summed E-state index contributed by atoms with van der Waals surface area (Å²) < 4.78 is 0. The number of rotatable bonds is 3. The SMILES string of the molecule is O=C(O/N=C/c1cccc2ccccc12)c1cccs1. The highest BCUT2D eigenvalue weighted by atomic mass is 32.1. The molecule has 0 fully saturated rings. The van der Waals surface area contributed by atoms with E-state index in [1.165, 1.54) is 11.3 Å². The number of carbonyl (C=O) groups excluding carboxylic acids is 1. The molecule has 0 saturated carbocycles. The van der Waals surface area contributed by atoms with Gasteiger partial charge in [-0.2, -0.15) is 0 Å². The fourth-order valence-electron chi connectivity index (χ4n) is 1.93. The van der Waals surface area contributed by atoms with Gasteiger partial charge in [-0.3, -0.25) is 0 Å². The van der Waals surface area contributed by atoms with Crippen LogP contribution in [0.1, 0.15) is 15.2 Å². The summed E-state index contributed by atoms with van der Waals surface area (Å²) in [7, 11) is 0. The van der Waals surface area contributed by atoms with Crippen LogP contribution in [-0.2, 0) is 4.84 Å². The highest BCUT2D eigenvalue weighted by Crippen LogP contribution is 2.17. The van der Waals surface area contributed by atoms with Gasteiger partial charge in [-0.1, -0.05) is 53.7 Å². The van der Waals surface area contributed by atoms with Crippen LogP contribution in [0.4, 0.5) is 0 Å². The van der Waals surface area contributed by atoms with Crippen molar-refractivity contribution in [1.82, 2.24) is 0 Å². The Hall–Kier alpha value is -2.46. The van der Waals surface area contributed by atoms with Gasteiger partial charge in [0.25, 0.3) is 0 Å². The molecule has 0 amide bonds. The molecule has 0 spiro atoms. The van der Waals surface area contributed by atoms with Crippen molar-refractivity contribution >= 4 is 34.3 Å². The predicted octanol–water partition coefficient (Wildman–Crippen LogP) is 4.09. The Kier molecular flexibility index (Phi) is 3.56. The molecule has 0 N–H and O–H groups in total. The summed E-state index contributed by atoms with van der Waals surface area (Å²) in [5, 5.41) is 7.81. The van der Waals surface area contributed by atoms with Crippen LogP contribution in [0.25, 0.3) is 10.8 Å². The molecule has 1 heterocycles. The van der Waals surface area contributed by atoms with Gasteiger partial charge in [-0.25, -0.2) is 4.79 Å². The van der Waals surface area contributed by atoms with E-state index in [9.17, 15) is 4.79 Å². The lowest BCUT2D eigenvalue weighted by atomic mass is 10.1. The number of hydrogen-bond donors (Lipinski definition) is 0. The third kappa shape index (κ3) is 2.60. The van der Waals surface area contributed by atoms with Gasteiger partial charge in [-0.15, -0.1) is 11.3 Å². The monoisotopic (exact) mass is 281 g/mol. The maximum atomic E-state index is 11.6. The summed E-state index contributed by atoms with van der Waals surface area (Å²) in [6.45, 7) is 0. The molecule has 2 aromatic carbocycles. The van der Waals surface area contributed by atoms with E-state index in [0.29, 0.717) is 4.88 Å². The molecule has 98 valence electrons. The molecular weight excluding hydrogens is 270 g/mol. The molecule has 0 aliphatic carbocycles. The lowest BCUT2D eigenvalue weighted by molar-refractivity contribution is 0.0525. The Bertz CT molecular complexity index is 758. The van der Waals surface area contributed by atoms with E-state index in [-0.39, 0.29) is 0 Å². The zero-order valence-corrected chi connectivity index (χ0v) is 11.3. The van der Waals surface area contributed by atoms with Crippen molar-refractivity contribution in [2.24, 2.45) is 5.16 Å². The summed E-state index contributed by atoms with van der Waals surface area (Å²) in [5.74, 6) is -0.434. The molecule has 0 aliphatic heterocycles. The smallest absolute Gasteiger partial charge is 0.312 e. The quantitative estimate of drug-likeness (QED) is 0.412. The number of hydrogen-bond acceptors (Lipinski definition) is 4. The normalized spacial score (nSPS) is 11.0. The van der Waals surface area contributed by atoms with Crippen molar-refractivity contribution in [2.45, 2.75) is 0 Å². The van der Waals surface area contributed by atoms with Crippen molar-refractivity contribution in [3.8, 4) is 0 Å². The molecule has 0 aliphatic rings. The Morgan fingerprint density at radius 2 is 1.90 bits per heavy atom. The highest BCUT2D eigenvalue weighted by molar-refractivity contribution is 7.11. The van der Waals surface area contributed by atoms with Crippen molar-refractivity contribution in [1.29, 1.82) is 0 Å². The average Bonchev–Trinajstić information content (AvgIpc) is 3.02. The fourth-order valence-corrected chi connectivity index (χ4v) is 2.53. The van der Waals surface area contributed by atoms with E-state index in [0.717, 1.165) is 16.3 Å². The van der Waals surface area contributed by atoms with Crippen molar-refractivity contribution in [3.05, 3.63) is 70.4 Å². The van der Waals surface area contributed by atoms with Crippen LogP contribution < -0.4 is 0 Å². The van der Waals surface area contributed by atoms with Crippen LogP contribution in [0.5, 0.6) is 0 Å². The fraction of sp³-hybridized carbons (Fsp3) is 0. The lowest BCUT2D eigenvalue weighted by Gasteiger charge is -2.00. The molecule has 0 bridgehead atoms. The molecule has 3 rings (SSSR count). The topological polar surface area (TPSA) is 38.7 Å². The largest absolute Gasteiger partial charge is 0.375 e. The first-order valence-corrected chi connectivity index (χ1v) is 6.98. The van der Waals surface area contributed by atoms with E-state index < -0.39 is 5.97 Å². The summed E-state index contributed by atoms with van der Waals surface area (Å²) in [6.07, 6.45) is 1.56. The van der Waals surface area contributed by atoms with Gasteiger partial charge in [0.05, 0.1) is 6.21 Å². The van der Waals surface area contributed by atoms with Crippen LogP contribution >= 0.6 is 11.3 Å². The number of fused-ring (bicyclic) bond motifs is 1. The van der Waals surface area contributed by atoms with Gasteiger partial charge < -0.3 is 4.84 Å². The zero-order chi connectivity index (χ0) is 13.8. The molecule has 3 nitrogen and oxygen atoms in total. The molecule has 20 heavy (non-hydrogen) atoms. The minimum Gasteiger partial charge on any atom is -0.312 e. The molecule has 1 aromatic heterocycles. The maximum Gasteiger partial charge on any atom is 0.375 e. The number of carbonyl (C=O) groups is 1. The van der Waals surface area contributed by atoms with Gasteiger partial charge in [0.2, 0.25) is 0 Å². The maximum absolute atomic E-state index is 11.6. The number of oxime groups is 1. The first kappa shape index (κ1) is 12.6. The van der Waals surface area contributed by atoms with E-state index in [4.69, 9.17) is 4.84 Å². The van der Waals surface area contributed by atoms with Crippen LogP contribution in [0, 0.1) is 0 Å². The summed E-state index contributed by atoms with van der Waals surface area (Å²) in [5.41, 5.74) is 0.919. The highest BCUT2D eigenvalue weighted by Gasteiger charge is 2.07. The predicted molar refractivity (Wildman–Crippen MR) is 81.3 cm³/mol. The number of benzene rings is 2. The van der Waals surface area contributed by atoms with Gasteiger partial charge in [0.15, 0.2) is 0 Å². The molecule has 0 radical (unpaired) electrons. The van der Waals surface area contributed by atoms with Crippen LogP contribution in [0.2, 0.25) is 0 Å². The Morgan fingerprint density at radius 1 is 1.05 bits per heavy atom. The zero-order valence-electron chi connectivity index (χ0n) is 10.5. The molecule has 4 heteroatoms. The first-order valence-electron chi connectivity index (χ1n) is 6.10. The van der Waals surface area contributed by atoms with Gasteiger partial charge >= 0.3 is 5.97 Å². The average molecular weight is 281 g/mol. The minimum absolute atomic E-state index is 0.434. The Morgan fingerprint density at radius 3 is 2.75 bits per heavy atom. The second-order valence-electron chi connectivity index (χ2n) is 4.16. The number of thiophene rings is 1. The van der Waals surface area contributed by atoms with Crippen molar-refractivity contribution < 1.29 is 9.63 Å². The third-order valence-electron chi connectivity index (χ3n) is 2.87. The lowest BCUT2D eigenvalue weighted by Crippen LogP contribution is -1.97. The van der Waals surface area contributed by atoms with Gasteiger partial charge in [0, 0.05) is 5.56 Å². The first-order chi connectivity index (χ1) is 9.84. The molecule has 0 atom stereocenters. The summed E-state index contributed by atoms with van der Waals surface area (Å²) in [4.78, 5) is 17.1. The van der Waals surface area contributed by atoms with Crippen LogP contribution in [0.15, 0.2) is 65.1 Å². The van der Waals surface area contributed by atoms with E-state index >= 15 is 0 Å². The number of nitrogens with zero attached hydrogens (tertiary/aromatic N) is 1. The second-order valence-corrected chi connectivity index (χ2v) is 5.11. The molecular formula is C16H11NO2S. The molecule has 0 unspecified atom stereocenters.